The summed E-state index contributed by atoms with van der Waals surface area (Å²) in [6.45, 7) is 0. The van der Waals surface area contributed by atoms with E-state index in [1.807, 2.05) is 0 Å². The third-order valence-corrected chi connectivity index (χ3v) is 6.02. The van der Waals surface area contributed by atoms with E-state index in [1.165, 1.54) is 10.5 Å². The van der Waals surface area contributed by atoms with E-state index in [0.29, 0.717) is 0 Å². The van der Waals surface area contributed by atoms with Crippen molar-refractivity contribution in [3.63, 3.8) is 0 Å². The van der Waals surface area contributed by atoms with Gasteiger partial charge in [-0.3, -0.25) is 0 Å². The highest BCUT2D eigenvalue weighted by atomic mass is 32.2. The van der Waals surface area contributed by atoms with Crippen molar-refractivity contribution in [2.75, 3.05) is 18.6 Å². The molecule has 0 unspecified atom stereocenters. The molecule has 1 aromatic rings. The Morgan fingerprint density at radius 2 is 2.33 bits per heavy atom. The smallest absolute Gasteiger partial charge is 0.352 e. The molecule has 0 aromatic carbocycles. The maximum atomic E-state index is 12.3. The van der Waals surface area contributed by atoms with E-state index >= 15 is 0 Å². The summed E-state index contributed by atoms with van der Waals surface area (Å²) >= 11 is 1.72. The quantitative estimate of drug-likeness (QED) is 0.857. The minimum Gasteiger partial charge on any atom is -0.477 e. The summed E-state index contributed by atoms with van der Waals surface area (Å²) in [6, 6.07) is 1.14. The molecule has 100 valence electrons. The highest BCUT2D eigenvalue weighted by Crippen LogP contribution is 2.26. The molecule has 2 rings (SSSR count). The molecule has 0 spiro atoms. The molecule has 1 atom stereocenters. The molecule has 0 saturated carbocycles. The number of carbonyl (C=O) groups is 1. The lowest BCUT2D eigenvalue weighted by atomic mass is 10.3. The van der Waals surface area contributed by atoms with Crippen molar-refractivity contribution in [3.8, 4) is 0 Å². The topological polar surface area (TPSA) is 90.5 Å². The van der Waals surface area contributed by atoms with E-state index in [0.717, 1.165) is 24.0 Å². The molecule has 1 aliphatic heterocycles. The second-order valence-corrected chi connectivity index (χ2v) is 7.24. The number of hydrogen-bond acceptors (Lipinski definition) is 4. The zero-order chi connectivity index (χ0) is 13.3. The Balaban J connectivity index is 2.26. The van der Waals surface area contributed by atoms with Crippen LogP contribution in [0.2, 0.25) is 0 Å². The van der Waals surface area contributed by atoms with Gasteiger partial charge in [0.15, 0.2) is 0 Å². The lowest BCUT2D eigenvalue weighted by Gasteiger charge is -2.22. The van der Waals surface area contributed by atoms with Gasteiger partial charge in [-0.25, -0.2) is 13.2 Å². The summed E-state index contributed by atoms with van der Waals surface area (Å²) in [7, 11) is -2.07. The Morgan fingerprint density at radius 1 is 1.61 bits per heavy atom. The molecule has 0 radical (unpaired) electrons. The van der Waals surface area contributed by atoms with Crippen molar-refractivity contribution in [1.82, 2.24) is 9.29 Å². The van der Waals surface area contributed by atoms with Crippen LogP contribution >= 0.6 is 11.8 Å². The van der Waals surface area contributed by atoms with Gasteiger partial charge in [0.05, 0.1) is 0 Å². The fourth-order valence-corrected chi connectivity index (χ4v) is 4.56. The number of aromatic carboxylic acids is 1. The molecule has 2 N–H and O–H groups in total. The fraction of sp³-hybridized carbons (Fsp3) is 0.500. The molecule has 0 amide bonds. The number of H-pyrrole nitrogens is 1. The monoisotopic (exact) mass is 290 g/mol. The van der Waals surface area contributed by atoms with Gasteiger partial charge >= 0.3 is 5.97 Å². The van der Waals surface area contributed by atoms with E-state index in [1.54, 1.807) is 18.8 Å². The van der Waals surface area contributed by atoms with E-state index in [2.05, 4.69) is 4.98 Å². The molecular weight excluding hydrogens is 276 g/mol. The predicted molar refractivity (Wildman–Crippen MR) is 68.4 cm³/mol. The zero-order valence-electron chi connectivity index (χ0n) is 9.79. The van der Waals surface area contributed by atoms with Gasteiger partial charge in [-0.15, -0.1) is 0 Å². The normalized spacial score (nSPS) is 20.4. The number of carboxylic acid groups (broad SMARTS) is 1. The number of nitrogens with one attached hydrogen (secondary N) is 1. The van der Waals surface area contributed by atoms with Crippen LogP contribution in [0.3, 0.4) is 0 Å². The molecule has 18 heavy (non-hydrogen) atoms. The number of sulfonamides is 1. The first-order valence-electron chi connectivity index (χ1n) is 5.40. The Morgan fingerprint density at radius 3 is 2.83 bits per heavy atom. The molecule has 1 aromatic heterocycles. The van der Waals surface area contributed by atoms with E-state index in [9.17, 15) is 13.2 Å². The second-order valence-electron chi connectivity index (χ2n) is 4.09. The number of hydrogen-bond donors (Lipinski definition) is 2. The number of aromatic amines is 1. The van der Waals surface area contributed by atoms with Crippen LogP contribution in [0, 0.1) is 0 Å². The summed E-state index contributed by atoms with van der Waals surface area (Å²) in [6.07, 6.45) is 2.05. The molecule has 6 nitrogen and oxygen atoms in total. The van der Waals surface area contributed by atoms with Crippen LogP contribution in [0.1, 0.15) is 16.9 Å². The molecular formula is C10H14N2O4S2. The first kappa shape index (κ1) is 13.4. The van der Waals surface area contributed by atoms with Crippen LogP contribution in [-0.4, -0.2) is 53.4 Å². The van der Waals surface area contributed by atoms with Gasteiger partial charge < -0.3 is 10.1 Å². The molecule has 1 aliphatic rings. The van der Waals surface area contributed by atoms with Crippen LogP contribution in [0.15, 0.2) is 17.2 Å². The van der Waals surface area contributed by atoms with Gasteiger partial charge in [0.1, 0.15) is 10.6 Å². The van der Waals surface area contributed by atoms with Crippen LogP contribution in [-0.2, 0) is 10.0 Å². The standard InChI is InChI=1S/C10H14N2O4S2/c1-12(7-2-3-17-6-7)18(15,16)8-4-9(10(13)14)11-5-8/h4-5,7,11H,2-3,6H2,1H3,(H,13,14)/t7-/m0/s1. The van der Waals surface area contributed by atoms with Crippen molar-refractivity contribution in [1.29, 1.82) is 0 Å². The summed E-state index contributed by atoms with van der Waals surface area (Å²) < 4.78 is 25.9. The van der Waals surface area contributed by atoms with Crippen molar-refractivity contribution in [2.24, 2.45) is 0 Å². The lowest BCUT2D eigenvalue weighted by Crippen LogP contribution is -2.36. The summed E-state index contributed by atoms with van der Waals surface area (Å²) in [5.41, 5.74) is -0.122. The minimum absolute atomic E-state index is 0.000648. The number of rotatable bonds is 4. The first-order chi connectivity index (χ1) is 8.43. The van der Waals surface area contributed by atoms with Crippen molar-refractivity contribution in [3.05, 3.63) is 18.0 Å². The maximum Gasteiger partial charge on any atom is 0.352 e. The molecule has 8 heteroatoms. The number of nitrogens with zero attached hydrogens (tertiary/aromatic N) is 1. The van der Waals surface area contributed by atoms with Crippen LogP contribution < -0.4 is 0 Å². The summed E-state index contributed by atoms with van der Waals surface area (Å²) in [4.78, 5) is 13.2. The van der Waals surface area contributed by atoms with Gasteiger partial charge in [-0.2, -0.15) is 16.1 Å². The SMILES string of the molecule is CN([C@H]1CCSC1)S(=O)(=O)c1c[nH]c(C(=O)O)c1. The summed E-state index contributed by atoms with van der Waals surface area (Å²) in [5, 5.41) is 8.77. The second kappa shape index (κ2) is 4.94. The van der Waals surface area contributed by atoms with Gasteiger partial charge in [0.2, 0.25) is 10.0 Å². The van der Waals surface area contributed by atoms with Crippen LogP contribution in [0.25, 0.3) is 0 Å². The van der Waals surface area contributed by atoms with Crippen molar-refractivity contribution in [2.45, 2.75) is 17.4 Å². The summed E-state index contributed by atoms with van der Waals surface area (Å²) in [5.74, 6) is 0.569. The molecule has 0 bridgehead atoms. The lowest BCUT2D eigenvalue weighted by molar-refractivity contribution is 0.0691. The van der Waals surface area contributed by atoms with E-state index in [4.69, 9.17) is 5.11 Å². The van der Waals surface area contributed by atoms with Crippen LogP contribution in [0.5, 0.6) is 0 Å². The number of aromatic nitrogens is 1. The Labute approximate surface area is 109 Å². The Hall–Kier alpha value is -0.990. The minimum atomic E-state index is -3.61. The van der Waals surface area contributed by atoms with E-state index in [-0.39, 0.29) is 16.6 Å². The first-order valence-corrected chi connectivity index (χ1v) is 8.00. The van der Waals surface area contributed by atoms with Crippen molar-refractivity contribution < 1.29 is 18.3 Å². The average molecular weight is 290 g/mol. The van der Waals surface area contributed by atoms with Gasteiger partial charge in [-0.05, 0) is 18.2 Å². The largest absolute Gasteiger partial charge is 0.477 e. The zero-order valence-corrected chi connectivity index (χ0v) is 11.4. The third-order valence-electron chi connectivity index (χ3n) is 2.98. The molecule has 0 aliphatic carbocycles. The number of thioether (sulfide) groups is 1. The third kappa shape index (κ3) is 2.40. The van der Waals surface area contributed by atoms with Crippen LogP contribution in [0.4, 0.5) is 0 Å². The van der Waals surface area contributed by atoms with Gasteiger partial charge in [0, 0.05) is 25.0 Å². The predicted octanol–water partition coefficient (Wildman–Crippen LogP) is 0.839. The van der Waals surface area contributed by atoms with E-state index < -0.39 is 16.0 Å². The maximum absolute atomic E-state index is 12.3. The van der Waals surface area contributed by atoms with Gasteiger partial charge in [0.25, 0.3) is 0 Å². The van der Waals surface area contributed by atoms with Crippen molar-refractivity contribution >= 4 is 27.8 Å². The molecule has 2 heterocycles. The number of carboxylic acids is 1. The highest BCUT2D eigenvalue weighted by molar-refractivity contribution is 7.99. The Bertz CT molecular complexity index is 546. The average Bonchev–Trinajstić information content (AvgIpc) is 2.99. The van der Waals surface area contributed by atoms with Gasteiger partial charge in [-0.1, -0.05) is 0 Å². The Kier molecular flexibility index (Phi) is 3.69. The molecule has 1 fully saturated rings. The molecule has 1 saturated heterocycles. The highest BCUT2D eigenvalue weighted by Gasteiger charge is 2.31. The fourth-order valence-electron chi connectivity index (χ4n) is 1.82.